The third-order valence-corrected chi connectivity index (χ3v) is 4.80. The summed E-state index contributed by atoms with van der Waals surface area (Å²) in [6.07, 6.45) is 16.4. The Kier molecular flexibility index (Phi) is 10.9. The maximum absolute atomic E-state index is 10.3. The molecule has 0 fully saturated rings. The Morgan fingerprint density at radius 3 is 1.83 bits per heavy atom. The van der Waals surface area contributed by atoms with E-state index in [9.17, 15) is 5.11 Å². The summed E-state index contributed by atoms with van der Waals surface area (Å²) in [7, 11) is 0. The van der Waals surface area contributed by atoms with E-state index in [-0.39, 0.29) is 0 Å². The lowest BCUT2D eigenvalue weighted by Gasteiger charge is -2.16. The van der Waals surface area contributed by atoms with Crippen molar-refractivity contribution in [1.82, 2.24) is 0 Å². The highest BCUT2D eigenvalue weighted by molar-refractivity contribution is 5.45. The number of hydrogen-bond donors (Lipinski definition) is 1. The minimum atomic E-state index is 0.524. The molecule has 0 atom stereocenters. The molecule has 23 heavy (non-hydrogen) atoms. The maximum Gasteiger partial charge on any atom is 0.119 e. The van der Waals surface area contributed by atoms with Crippen molar-refractivity contribution in [1.29, 1.82) is 0 Å². The van der Waals surface area contributed by atoms with Crippen molar-refractivity contribution < 1.29 is 5.11 Å². The molecule has 0 bridgehead atoms. The number of phenolic OH excluding ortho intramolecular Hbond substituents is 1. The molecule has 1 N–H and O–H groups in total. The molecule has 0 aromatic heterocycles. The number of aromatic hydroxyl groups is 1. The first-order chi connectivity index (χ1) is 11.2. The molecule has 0 unspecified atom stereocenters. The van der Waals surface area contributed by atoms with E-state index >= 15 is 0 Å². The van der Waals surface area contributed by atoms with Gasteiger partial charge in [0.05, 0.1) is 0 Å². The molecule has 0 saturated heterocycles. The van der Waals surface area contributed by atoms with Gasteiger partial charge in [-0.05, 0) is 48.4 Å². The third kappa shape index (κ3) is 7.42. The molecule has 0 heterocycles. The predicted molar refractivity (Wildman–Crippen MR) is 102 cm³/mol. The maximum atomic E-state index is 10.3. The number of benzene rings is 1. The van der Waals surface area contributed by atoms with E-state index < -0.39 is 0 Å². The summed E-state index contributed by atoms with van der Waals surface area (Å²) in [5, 5.41) is 10.3. The summed E-state index contributed by atoms with van der Waals surface area (Å²) in [5.41, 5.74) is 4.14. The molecule has 0 amide bonds. The van der Waals surface area contributed by atoms with Crippen molar-refractivity contribution in [3.8, 4) is 5.75 Å². The van der Waals surface area contributed by atoms with E-state index in [0.29, 0.717) is 5.75 Å². The van der Waals surface area contributed by atoms with Gasteiger partial charge in [-0.15, -0.1) is 0 Å². The fourth-order valence-electron chi connectivity index (χ4n) is 3.51. The molecular formula is C22H38O. The van der Waals surface area contributed by atoms with Crippen LogP contribution >= 0.6 is 0 Å². The Morgan fingerprint density at radius 1 is 0.609 bits per heavy atom. The summed E-state index contributed by atoms with van der Waals surface area (Å²) in [5.74, 6) is 0.524. The van der Waals surface area contributed by atoms with Gasteiger partial charge in [0.1, 0.15) is 5.75 Å². The second-order valence-corrected chi connectivity index (χ2v) is 6.93. The van der Waals surface area contributed by atoms with Crippen molar-refractivity contribution in [3.63, 3.8) is 0 Å². The van der Waals surface area contributed by atoms with Gasteiger partial charge >= 0.3 is 0 Å². The largest absolute Gasteiger partial charge is 0.508 e. The highest BCUT2D eigenvalue weighted by Gasteiger charge is 2.11. The zero-order valence-electron chi connectivity index (χ0n) is 15.8. The summed E-state index contributed by atoms with van der Waals surface area (Å²) < 4.78 is 0. The molecule has 1 nitrogen and oxygen atoms in total. The molecule has 1 rings (SSSR count). The molecule has 0 radical (unpaired) electrons. The molecule has 0 spiro atoms. The van der Waals surface area contributed by atoms with Gasteiger partial charge in [0, 0.05) is 0 Å². The van der Waals surface area contributed by atoms with Crippen molar-refractivity contribution in [2.45, 2.75) is 104 Å². The molecule has 0 aliphatic heterocycles. The first-order valence-electron chi connectivity index (χ1n) is 10.1. The van der Waals surface area contributed by atoms with Crippen LogP contribution in [0.2, 0.25) is 0 Å². The average molecular weight is 319 g/mol. The Balaban J connectivity index is 2.49. The van der Waals surface area contributed by atoms with E-state index in [1.54, 1.807) is 0 Å². The Labute approximate surface area is 144 Å². The number of aryl methyl sites for hydroxylation is 1. The van der Waals surface area contributed by atoms with E-state index in [2.05, 4.69) is 26.8 Å². The van der Waals surface area contributed by atoms with Gasteiger partial charge < -0.3 is 5.11 Å². The lowest BCUT2D eigenvalue weighted by Crippen LogP contribution is -2.01. The fraction of sp³-hybridized carbons (Fsp3) is 0.727. The minimum Gasteiger partial charge on any atom is -0.508 e. The Hall–Kier alpha value is -0.980. The van der Waals surface area contributed by atoms with Gasteiger partial charge in [0.25, 0.3) is 0 Å². The third-order valence-electron chi connectivity index (χ3n) is 4.80. The number of phenols is 1. The van der Waals surface area contributed by atoms with Crippen molar-refractivity contribution in [2.24, 2.45) is 0 Å². The quantitative estimate of drug-likeness (QED) is 0.389. The van der Waals surface area contributed by atoms with Gasteiger partial charge in [-0.25, -0.2) is 0 Å². The normalized spacial score (nSPS) is 11.1. The number of hydrogen-bond acceptors (Lipinski definition) is 1. The molecule has 1 heteroatoms. The molecule has 0 aliphatic rings. The number of unbranched alkanes of at least 4 members (excludes halogenated alkanes) is 7. The first-order valence-corrected chi connectivity index (χ1v) is 10.1. The van der Waals surface area contributed by atoms with Crippen molar-refractivity contribution in [3.05, 3.63) is 28.8 Å². The Bertz CT molecular complexity index is 422. The van der Waals surface area contributed by atoms with Gasteiger partial charge in [0.2, 0.25) is 0 Å². The van der Waals surface area contributed by atoms with Crippen LogP contribution in [0.3, 0.4) is 0 Å². The van der Waals surface area contributed by atoms with E-state index in [1.165, 1.54) is 74.5 Å². The molecule has 0 aliphatic carbocycles. The van der Waals surface area contributed by atoms with E-state index in [1.807, 2.05) is 6.07 Å². The molecule has 1 aromatic rings. The highest BCUT2D eigenvalue weighted by Crippen LogP contribution is 2.29. The van der Waals surface area contributed by atoms with Crippen LogP contribution in [0.4, 0.5) is 0 Å². The standard InChI is InChI=1S/C22H38O/c1-4-7-8-9-10-11-12-13-16-21-20(15-6-3)19(14-5-2)17-18-22(21)23/h17-18,23H,4-16H2,1-3H3. The molecular weight excluding hydrogens is 280 g/mol. The zero-order valence-corrected chi connectivity index (χ0v) is 15.8. The van der Waals surface area contributed by atoms with Gasteiger partial charge in [-0.2, -0.15) is 0 Å². The molecule has 132 valence electrons. The summed E-state index contributed by atoms with van der Waals surface area (Å²) in [6, 6.07) is 4.06. The predicted octanol–water partition coefficient (Wildman–Crippen LogP) is 6.98. The smallest absolute Gasteiger partial charge is 0.119 e. The summed E-state index contributed by atoms with van der Waals surface area (Å²) in [4.78, 5) is 0. The molecule has 0 saturated carbocycles. The van der Waals surface area contributed by atoms with Crippen LogP contribution in [0, 0.1) is 0 Å². The van der Waals surface area contributed by atoms with Crippen LogP contribution in [0.5, 0.6) is 5.75 Å². The molecule has 1 aromatic carbocycles. The van der Waals surface area contributed by atoms with Crippen LogP contribution in [-0.4, -0.2) is 5.11 Å². The van der Waals surface area contributed by atoms with Crippen LogP contribution in [-0.2, 0) is 19.3 Å². The zero-order chi connectivity index (χ0) is 16.9. The minimum absolute atomic E-state index is 0.524. The van der Waals surface area contributed by atoms with Gasteiger partial charge in [0.15, 0.2) is 0 Å². The highest BCUT2D eigenvalue weighted by atomic mass is 16.3. The van der Waals surface area contributed by atoms with E-state index in [4.69, 9.17) is 0 Å². The Morgan fingerprint density at radius 2 is 1.22 bits per heavy atom. The van der Waals surface area contributed by atoms with E-state index in [0.717, 1.165) is 25.7 Å². The van der Waals surface area contributed by atoms with Gasteiger partial charge in [-0.3, -0.25) is 0 Å². The first kappa shape index (κ1) is 20.1. The second kappa shape index (κ2) is 12.4. The number of rotatable bonds is 13. The van der Waals surface area contributed by atoms with Crippen LogP contribution < -0.4 is 0 Å². The average Bonchev–Trinajstić information content (AvgIpc) is 2.55. The van der Waals surface area contributed by atoms with Crippen molar-refractivity contribution >= 4 is 0 Å². The SMILES string of the molecule is CCCCCCCCCCc1c(O)ccc(CCC)c1CCC. The fourth-order valence-corrected chi connectivity index (χ4v) is 3.51. The van der Waals surface area contributed by atoms with Crippen LogP contribution in [0.15, 0.2) is 12.1 Å². The van der Waals surface area contributed by atoms with Crippen LogP contribution in [0.1, 0.15) is 102 Å². The van der Waals surface area contributed by atoms with Gasteiger partial charge in [-0.1, -0.05) is 84.6 Å². The van der Waals surface area contributed by atoms with Crippen molar-refractivity contribution in [2.75, 3.05) is 0 Å². The lowest BCUT2D eigenvalue weighted by atomic mass is 9.91. The topological polar surface area (TPSA) is 20.2 Å². The summed E-state index contributed by atoms with van der Waals surface area (Å²) >= 11 is 0. The summed E-state index contributed by atoms with van der Waals surface area (Å²) in [6.45, 7) is 6.74. The second-order valence-electron chi connectivity index (χ2n) is 6.93. The monoisotopic (exact) mass is 318 g/mol. The lowest BCUT2D eigenvalue weighted by molar-refractivity contribution is 0.464. The van der Waals surface area contributed by atoms with Crippen LogP contribution in [0.25, 0.3) is 0 Å².